The van der Waals surface area contributed by atoms with Crippen molar-refractivity contribution in [1.82, 2.24) is 15.0 Å². The molecule has 128 valence electrons. The number of aromatic nitrogens is 1. The van der Waals surface area contributed by atoms with Crippen LogP contribution in [0.3, 0.4) is 0 Å². The Hall–Kier alpha value is -1.41. The number of carbonyl (C=O) groups excluding carboxylic acids is 1. The quantitative estimate of drug-likeness (QED) is 0.804. The molecule has 0 unspecified atom stereocenters. The fraction of sp³-hybridized carbons (Fsp3) is 0.733. The third kappa shape index (κ3) is 3.58. The van der Waals surface area contributed by atoms with Crippen LogP contribution in [0, 0.1) is 6.92 Å². The van der Waals surface area contributed by atoms with Crippen molar-refractivity contribution in [1.29, 1.82) is 0 Å². The Balaban J connectivity index is 1.63. The van der Waals surface area contributed by atoms with Crippen LogP contribution >= 0.6 is 0 Å². The van der Waals surface area contributed by atoms with E-state index in [1.807, 2.05) is 29.8 Å². The third-order valence-corrected chi connectivity index (χ3v) is 6.51. The second-order valence-corrected chi connectivity index (χ2v) is 8.82. The lowest BCUT2D eigenvalue weighted by Gasteiger charge is -2.28. The molecule has 0 spiro atoms. The highest BCUT2D eigenvalue weighted by Crippen LogP contribution is 2.32. The summed E-state index contributed by atoms with van der Waals surface area (Å²) in [5.41, 5.74) is 0.813. The van der Waals surface area contributed by atoms with Crippen LogP contribution in [0.2, 0.25) is 0 Å². The molecule has 0 bridgehead atoms. The topological polar surface area (TPSA) is 83.7 Å². The second kappa shape index (κ2) is 6.24. The molecule has 0 aliphatic carbocycles. The summed E-state index contributed by atoms with van der Waals surface area (Å²) in [6, 6.07) is 1.77. The van der Waals surface area contributed by atoms with E-state index in [9.17, 15) is 13.2 Å². The highest BCUT2D eigenvalue weighted by molar-refractivity contribution is 7.91. The van der Waals surface area contributed by atoms with Gasteiger partial charge in [0.15, 0.2) is 15.6 Å². The zero-order valence-electron chi connectivity index (χ0n) is 13.6. The normalized spacial score (nSPS) is 27.0. The fourth-order valence-corrected chi connectivity index (χ4v) is 5.26. The lowest BCUT2D eigenvalue weighted by Crippen LogP contribution is -2.43. The lowest BCUT2D eigenvalue weighted by molar-refractivity contribution is -0.133. The van der Waals surface area contributed by atoms with Crippen molar-refractivity contribution < 1.29 is 17.7 Å². The molecule has 2 fully saturated rings. The first-order valence-corrected chi connectivity index (χ1v) is 9.81. The van der Waals surface area contributed by atoms with Gasteiger partial charge in [0, 0.05) is 18.7 Å². The van der Waals surface area contributed by atoms with Gasteiger partial charge in [-0.15, -0.1) is 0 Å². The number of carbonyl (C=O) groups is 1. The van der Waals surface area contributed by atoms with E-state index < -0.39 is 9.84 Å². The van der Waals surface area contributed by atoms with Gasteiger partial charge in [-0.25, -0.2) is 8.42 Å². The summed E-state index contributed by atoms with van der Waals surface area (Å²) in [6.45, 7) is 2.81. The maximum absolute atomic E-state index is 12.6. The van der Waals surface area contributed by atoms with E-state index >= 15 is 0 Å². The van der Waals surface area contributed by atoms with E-state index in [1.165, 1.54) is 0 Å². The van der Waals surface area contributed by atoms with E-state index in [1.54, 1.807) is 0 Å². The van der Waals surface area contributed by atoms with E-state index in [4.69, 9.17) is 4.52 Å². The van der Waals surface area contributed by atoms with Crippen LogP contribution in [0.5, 0.6) is 0 Å². The van der Waals surface area contributed by atoms with Gasteiger partial charge < -0.3 is 9.42 Å². The number of hydrogen-bond acceptors (Lipinski definition) is 6. The van der Waals surface area contributed by atoms with Gasteiger partial charge in [0.1, 0.15) is 0 Å². The van der Waals surface area contributed by atoms with Crippen molar-refractivity contribution in [2.45, 2.75) is 38.3 Å². The number of amides is 1. The maximum Gasteiger partial charge on any atom is 0.237 e. The zero-order valence-corrected chi connectivity index (χ0v) is 14.4. The zero-order chi connectivity index (χ0) is 16.6. The minimum absolute atomic E-state index is 0.0216. The number of hydrogen-bond donors (Lipinski definition) is 0. The van der Waals surface area contributed by atoms with Crippen LogP contribution in [-0.4, -0.2) is 67.0 Å². The lowest BCUT2D eigenvalue weighted by atomic mass is 10.1. The molecule has 0 radical (unpaired) electrons. The number of nitrogens with zero attached hydrogens (tertiary/aromatic N) is 3. The molecule has 3 heterocycles. The molecule has 23 heavy (non-hydrogen) atoms. The van der Waals surface area contributed by atoms with Crippen molar-refractivity contribution in [2.24, 2.45) is 0 Å². The molecule has 1 aromatic rings. The van der Waals surface area contributed by atoms with Crippen LogP contribution in [0.25, 0.3) is 0 Å². The number of aryl methyl sites for hydroxylation is 1. The summed E-state index contributed by atoms with van der Waals surface area (Å²) in [5.74, 6) is 1.13. The smallest absolute Gasteiger partial charge is 0.237 e. The molecule has 2 atom stereocenters. The molecule has 0 N–H and O–H groups in total. The van der Waals surface area contributed by atoms with Crippen LogP contribution in [0.4, 0.5) is 0 Å². The van der Waals surface area contributed by atoms with Gasteiger partial charge >= 0.3 is 0 Å². The van der Waals surface area contributed by atoms with Gasteiger partial charge in [0.2, 0.25) is 5.91 Å². The Bertz CT molecular complexity index is 685. The molecule has 2 aliphatic rings. The minimum Gasteiger partial charge on any atom is -0.359 e. The molecular weight excluding hydrogens is 318 g/mol. The van der Waals surface area contributed by atoms with Crippen molar-refractivity contribution in [3.8, 4) is 0 Å². The largest absolute Gasteiger partial charge is 0.359 e. The molecule has 8 heteroatoms. The SMILES string of the molecule is Cc1cc([C@H]2CCCN2C(=O)CN(C)[C@@H]2CCS(=O)(=O)C2)on1. The van der Waals surface area contributed by atoms with Crippen LogP contribution in [0.1, 0.15) is 36.8 Å². The molecule has 2 aliphatic heterocycles. The van der Waals surface area contributed by atoms with Gasteiger partial charge in [0.05, 0.1) is 29.8 Å². The Morgan fingerprint density at radius 1 is 1.48 bits per heavy atom. The summed E-state index contributed by atoms with van der Waals surface area (Å²) < 4.78 is 28.5. The molecule has 7 nitrogen and oxygen atoms in total. The summed E-state index contributed by atoms with van der Waals surface area (Å²) in [6.07, 6.45) is 2.43. The summed E-state index contributed by atoms with van der Waals surface area (Å²) in [5, 5.41) is 3.90. The Labute approximate surface area is 136 Å². The van der Waals surface area contributed by atoms with Crippen molar-refractivity contribution in [3.05, 3.63) is 17.5 Å². The first kappa shape index (κ1) is 16.4. The molecule has 1 aromatic heterocycles. The van der Waals surface area contributed by atoms with Crippen LogP contribution in [0.15, 0.2) is 10.6 Å². The van der Waals surface area contributed by atoms with Crippen molar-refractivity contribution in [3.63, 3.8) is 0 Å². The minimum atomic E-state index is -2.94. The van der Waals surface area contributed by atoms with Gasteiger partial charge in [-0.1, -0.05) is 5.16 Å². The van der Waals surface area contributed by atoms with Crippen LogP contribution in [-0.2, 0) is 14.6 Å². The third-order valence-electron chi connectivity index (χ3n) is 4.76. The standard InChI is InChI=1S/C15H23N3O4S/c1-11-8-14(22-16-11)13-4-3-6-18(13)15(19)9-17(2)12-5-7-23(20,21)10-12/h8,12-13H,3-7,9-10H2,1-2H3/t12-,13-/m1/s1. The first-order chi connectivity index (χ1) is 10.9. The van der Waals surface area contributed by atoms with Crippen molar-refractivity contribution in [2.75, 3.05) is 31.6 Å². The molecule has 3 rings (SSSR count). The van der Waals surface area contributed by atoms with E-state index in [-0.39, 0.29) is 36.0 Å². The summed E-state index contributed by atoms with van der Waals surface area (Å²) >= 11 is 0. The predicted molar refractivity (Wildman–Crippen MR) is 84.6 cm³/mol. The molecule has 1 amide bonds. The molecule has 2 saturated heterocycles. The highest BCUT2D eigenvalue weighted by atomic mass is 32.2. The Morgan fingerprint density at radius 3 is 2.87 bits per heavy atom. The fourth-order valence-electron chi connectivity index (χ4n) is 3.46. The van der Waals surface area contributed by atoms with Gasteiger partial charge in [-0.3, -0.25) is 9.69 Å². The van der Waals surface area contributed by atoms with E-state index in [0.717, 1.165) is 24.3 Å². The first-order valence-electron chi connectivity index (χ1n) is 7.99. The molecule has 0 saturated carbocycles. The summed E-state index contributed by atoms with van der Waals surface area (Å²) in [7, 11) is -1.11. The Kier molecular flexibility index (Phi) is 4.46. The van der Waals surface area contributed by atoms with Gasteiger partial charge in [-0.05, 0) is 33.2 Å². The van der Waals surface area contributed by atoms with E-state index in [2.05, 4.69) is 5.16 Å². The number of rotatable bonds is 4. The highest BCUT2D eigenvalue weighted by Gasteiger charge is 2.35. The van der Waals surface area contributed by atoms with E-state index in [0.29, 0.717) is 13.0 Å². The van der Waals surface area contributed by atoms with Gasteiger partial charge in [0.25, 0.3) is 0 Å². The maximum atomic E-state index is 12.6. The summed E-state index contributed by atoms with van der Waals surface area (Å²) in [4.78, 5) is 16.3. The monoisotopic (exact) mass is 341 g/mol. The molecular formula is C15H23N3O4S. The number of sulfone groups is 1. The average Bonchev–Trinajstić information content (AvgIpc) is 3.17. The average molecular weight is 341 g/mol. The number of likely N-dealkylation sites (tertiary alicyclic amines) is 1. The van der Waals surface area contributed by atoms with Gasteiger partial charge in [-0.2, -0.15) is 0 Å². The number of likely N-dealkylation sites (N-methyl/N-ethyl adjacent to an activating group) is 1. The van der Waals surface area contributed by atoms with Crippen molar-refractivity contribution >= 4 is 15.7 Å². The van der Waals surface area contributed by atoms with Crippen LogP contribution < -0.4 is 0 Å². The second-order valence-electron chi connectivity index (χ2n) is 6.59. The Morgan fingerprint density at radius 2 is 2.26 bits per heavy atom. The molecule has 0 aromatic carbocycles. The predicted octanol–water partition coefficient (Wildman–Crippen LogP) is 0.765.